The highest BCUT2D eigenvalue weighted by molar-refractivity contribution is 5.93. The Morgan fingerprint density at radius 2 is 1.91 bits per heavy atom. The average Bonchev–Trinajstić information content (AvgIpc) is 2.54. The number of nitrogens with one attached hydrogen (secondary N) is 1. The van der Waals surface area contributed by atoms with Gasteiger partial charge in [0.15, 0.2) is 0 Å². The number of hydrogen-bond donors (Lipinski definition) is 1. The molecule has 1 atom stereocenters. The summed E-state index contributed by atoms with van der Waals surface area (Å²) in [5.74, 6) is 0. The minimum absolute atomic E-state index is 0.468. The molecule has 0 aliphatic rings. The summed E-state index contributed by atoms with van der Waals surface area (Å²) in [5.41, 5.74) is 4.81. The summed E-state index contributed by atoms with van der Waals surface area (Å²) in [7, 11) is 0. The zero-order chi connectivity index (χ0) is 16.8. The molecule has 2 rings (SSSR count). The summed E-state index contributed by atoms with van der Waals surface area (Å²) < 4.78 is 0. The van der Waals surface area contributed by atoms with Gasteiger partial charge in [-0.1, -0.05) is 25.5 Å². The molecule has 0 amide bonds. The zero-order valence-electron chi connectivity index (χ0n) is 15.3. The molecule has 3 heteroatoms. The molecule has 1 N–H and O–H groups in total. The Labute approximate surface area is 141 Å². The molecule has 23 heavy (non-hydrogen) atoms. The molecule has 0 radical (unpaired) electrons. The van der Waals surface area contributed by atoms with Crippen molar-refractivity contribution < 1.29 is 0 Å². The number of aryl methyl sites for hydroxylation is 2. The van der Waals surface area contributed by atoms with Crippen molar-refractivity contribution in [2.75, 3.05) is 25.0 Å². The summed E-state index contributed by atoms with van der Waals surface area (Å²) >= 11 is 0. The largest absolute Gasteiger partial charge is 0.382 e. The third-order valence-corrected chi connectivity index (χ3v) is 4.61. The zero-order valence-corrected chi connectivity index (χ0v) is 15.3. The Morgan fingerprint density at radius 1 is 1.17 bits per heavy atom. The van der Waals surface area contributed by atoms with Crippen molar-refractivity contribution in [3.8, 4) is 0 Å². The Hall–Kier alpha value is -1.61. The smallest absolute Gasteiger partial charge is 0.0723 e. The van der Waals surface area contributed by atoms with Gasteiger partial charge in [-0.15, -0.1) is 0 Å². The molecule has 0 spiro atoms. The molecule has 3 nitrogen and oxygen atoms in total. The fourth-order valence-electron chi connectivity index (χ4n) is 3.08. The van der Waals surface area contributed by atoms with E-state index in [2.05, 4.69) is 68.0 Å². The molecule has 1 unspecified atom stereocenters. The van der Waals surface area contributed by atoms with E-state index in [1.54, 1.807) is 0 Å². The van der Waals surface area contributed by atoms with E-state index in [0.29, 0.717) is 6.04 Å². The number of benzene rings is 1. The summed E-state index contributed by atoms with van der Waals surface area (Å²) in [5, 5.41) is 4.97. The number of fused-ring (bicyclic) bond motifs is 1. The van der Waals surface area contributed by atoms with Crippen LogP contribution in [-0.4, -0.2) is 35.6 Å². The summed E-state index contributed by atoms with van der Waals surface area (Å²) in [6.07, 6.45) is 4.39. The second-order valence-corrected chi connectivity index (χ2v) is 6.55. The molecule has 0 aliphatic carbocycles. The van der Waals surface area contributed by atoms with Crippen LogP contribution in [0.25, 0.3) is 10.9 Å². The fourth-order valence-corrected chi connectivity index (χ4v) is 3.08. The highest BCUT2D eigenvalue weighted by atomic mass is 15.1. The number of rotatable bonds is 8. The molecule has 0 saturated heterocycles. The lowest BCUT2D eigenvalue weighted by molar-refractivity contribution is 0.295. The van der Waals surface area contributed by atoms with Gasteiger partial charge in [0.1, 0.15) is 0 Å². The van der Waals surface area contributed by atoms with E-state index >= 15 is 0 Å². The summed E-state index contributed by atoms with van der Waals surface area (Å²) in [4.78, 5) is 7.04. The third kappa shape index (κ3) is 4.68. The number of hydrogen-bond acceptors (Lipinski definition) is 3. The first kappa shape index (κ1) is 17.7. The third-order valence-electron chi connectivity index (χ3n) is 4.61. The van der Waals surface area contributed by atoms with Crippen molar-refractivity contribution in [1.29, 1.82) is 0 Å². The molecule has 1 aromatic heterocycles. The van der Waals surface area contributed by atoms with E-state index in [1.807, 2.05) is 6.20 Å². The molecular weight excluding hydrogens is 282 g/mol. The van der Waals surface area contributed by atoms with Gasteiger partial charge in [-0.25, -0.2) is 0 Å². The van der Waals surface area contributed by atoms with Crippen LogP contribution in [0, 0.1) is 13.8 Å². The minimum Gasteiger partial charge on any atom is -0.382 e. The van der Waals surface area contributed by atoms with E-state index in [4.69, 9.17) is 0 Å². The van der Waals surface area contributed by atoms with Crippen LogP contribution in [0.5, 0.6) is 0 Å². The average molecular weight is 313 g/mol. The molecule has 126 valence electrons. The predicted molar refractivity (Wildman–Crippen MR) is 101 cm³/mol. The van der Waals surface area contributed by atoms with Crippen LogP contribution in [0.1, 0.15) is 44.7 Å². The maximum Gasteiger partial charge on any atom is 0.0723 e. The number of nitrogens with zero attached hydrogens (tertiary/aromatic N) is 2. The summed E-state index contributed by atoms with van der Waals surface area (Å²) in [6.45, 7) is 14.5. The van der Waals surface area contributed by atoms with Crippen molar-refractivity contribution in [2.24, 2.45) is 0 Å². The van der Waals surface area contributed by atoms with Crippen LogP contribution in [0.3, 0.4) is 0 Å². The van der Waals surface area contributed by atoms with Gasteiger partial charge in [0, 0.05) is 23.3 Å². The molecule has 0 fully saturated rings. The number of pyridine rings is 1. The second-order valence-electron chi connectivity index (χ2n) is 6.55. The predicted octanol–water partition coefficient (Wildman–Crippen LogP) is 4.77. The van der Waals surface area contributed by atoms with Crippen LogP contribution in [-0.2, 0) is 0 Å². The normalized spacial score (nSPS) is 12.8. The van der Waals surface area contributed by atoms with Crippen LogP contribution >= 0.6 is 0 Å². The van der Waals surface area contributed by atoms with Gasteiger partial charge in [0.05, 0.1) is 5.52 Å². The summed E-state index contributed by atoms with van der Waals surface area (Å²) in [6, 6.07) is 6.94. The van der Waals surface area contributed by atoms with Gasteiger partial charge in [-0.3, -0.25) is 4.98 Å². The maximum atomic E-state index is 4.55. The van der Waals surface area contributed by atoms with Crippen molar-refractivity contribution >= 4 is 16.6 Å². The molecule has 1 heterocycles. The van der Waals surface area contributed by atoms with E-state index in [0.717, 1.165) is 18.6 Å². The molecule has 0 saturated carbocycles. The monoisotopic (exact) mass is 313 g/mol. The van der Waals surface area contributed by atoms with Crippen molar-refractivity contribution in [3.63, 3.8) is 0 Å². The Balaban J connectivity index is 2.06. The lowest BCUT2D eigenvalue weighted by Crippen LogP contribution is -2.25. The van der Waals surface area contributed by atoms with E-state index < -0.39 is 0 Å². The minimum atomic E-state index is 0.468. The SMILES string of the molecule is CCN(CC)CCCC(C)Nc1c(C)cnc2ccc(C)cc12. The highest BCUT2D eigenvalue weighted by Gasteiger charge is 2.10. The molecule has 1 aromatic carbocycles. The first-order chi connectivity index (χ1) is 11.0. The van der Waals surface area contributed by atoms with Gasteiger partial charge in [0.25, 0.3) is 0 Å². The van der Waals surface area contributed by atoms with Gasteiger partial charge in [0.2, 0.25) is 0 Å². The van der Waals surface area contributed by atoms with Gasteiger partial charge in [-0.05, 0) is 70.9 Å². The Kier molecular flexibility index (Phi) is 6.40. The Morgan fingerprint density at radius 3 is 2.61 bits per heavy atom. The van der Waals surface area contributed by atoms with E-state index in [1.165, 1.54) is 41.6 Å². The van der Waals surface area contributed by atoms with Gasteiger partial charge < -0.3 is 10.2 Å². The molecule has 2 aromatic rings. The second kappa shape index (κ2) is 8.30. The van der Waals surface area contributed by atoms with Gasteiger partial charge in [-0.2, -0.15) is 0 Å². The van der Waals surface area contributed by atoms with Crippen LogP contribution < -0.4 is 5.32 Å². The van der Waals surface area contributed by atoms with E-state index in [-0.39, 0.29) is 0 Å². The van der Waals surface area contributed by atoms with Crippen LogP contribution in [0.2, 0.25) is 0 Å². The highest BCUT2D eigenvalue weighted by Crippen LogP contribution is 2.27. The van der Waals surface area contributed by atoms with Crippen molar-refractivity contribution in [1.82, 2.24) is 9.88 Å². The first-order valence-corrected chi connectivity index (χ1v) is 8.90. The van der Waals surface area contributed by atoms with Gasteiger partial charge >= 0.3 is 0 Å². The number of anilines is 1. The lowest BCUT2D eigenvalue weighted by atomic mass is 10.1. The van der Waals surface area contributed by atoms with Crippen LogP contribution in [0.4, 0.5) is 5.69 Å². The van der Waals surface area contributed by atoms with E-state index in [9.17, 15) is 0 Å². The first-order valence-electron chi connectivity index (χ1n) is 8.90. The molecule has 0 bridgehead atoms. The van der Waals surface area contributed by atoms with Crippen LogP contribution in [0.15, 0.2) is 24.4 Å². The quantitative estimate of drug-likeness (QED) is 0.760. The van der Waals surface area contributed by atoms with Crippen molar-refractivity contribution in [2.45, 2.75) is 53.5 Å². The fraction of sp³-hybridized carbons (Fsp3) is 0.550. The standard InChI is InChI=1S/C20H31N3/c1-6-23(7-2)12-8-9-17(5)22-20-16(4)14-21-19-11-10-15(3)13-18(19)20/h10-11,13-14,17H,6-9,12H2,1-5H3,(H,21,22). The topological polar surface area (TPSA) is 28.2 Å². The molecule has 0 aliphatic heterocycles. The lowest BCUT2D eigenvalue weighted by Gasteiger charge is -2.21. The maximum absolute atomic E-state index is 4.55. The number of aromatic nitrogens is 1. The van der Waals surface area contributed by atoms with Crippen molar-refractivity contribution in [3.05, 3.63) is 35.5 Å². The Bertz CT molecular complexity index is 627. The molecular formula is C20H31N3.